The normalized spacial score (nSPS) is 15.0. The van der Waals surface area contributed by atoms with Crippen molar-refractivity contribution in [3.8, 4) is 6.07 Å². The van der Waals surface area contributed by atoms with E-state index in [0.717, 1.165) is 0 Å². The van der Waals surface area contributed by atoms with Gasteiger partial charge in [-0.1, -0.05) is 0 Å². The molecule has 2 atom stereocenters. The summed E-state index contributed by atoms with van der Waals surface area (Å²) in [6.07, 6.45) is -4.90. The van der Waals surface area contributed by atoms with Crippen LogP contribution in [0, 0.1) is 21.7 Å². The van der Waals surface area contributed by atoms with Crippen LogP contribution in [0.3, 0.4) is 0 Å². The SMILES string of the molecule is N#Cc1c([NH+]([O-])O)cc(C(F)(F)F)cc1[NH+]([O-])O. The Balaban J connectivity index is 3.61. The quantitative estimate of drug-likeness (QED) is 0.531. The largest absolute Gasteiger partial charge is 0.595 e. The van der Waals surface area contributed by atoms with Crippen molar-refractivity contribution in [2.24, 2.45) is 0 Å². The Bertz CT molecular complexity index is 466. The van der Waals surface area contributed by atoms with E-state index in [0.29, 0.717) is 0 Å². The van der Waals surface area contributed by atoms with Gasteiger partial charge >= 0.3 is 6.18 Å². The number of quaternary nitrogens is 2. The van der Waals surface area contributed by atoms with Crippen LogP contribution in [-0.4, -0.2) is 10.4 Å². The molecule has 0 bridgehead atoms. The number of nitrogens with zero attached hydrogens (tertiary/aromatic N) is 1. The average molecular weight is 265 g/mol. The molecule has 0 saturated heterocycles. The molecule has 0 radical (unpaired) electrons. The standard InChI is InChI=1S/C8H6F3N3O4/c9-8(10,11)4-1-6(13(15)16)5(3-12)7(2-4)14(17)18/h1-2,13-15,17H. The van der Waals surface area contributed by atoms with E-state index >= 15 is 0 Å². The van der Waals surface area contributed by atoms with Gasteiger partial charge in [-0.25, -0.2) is 10.4 Å². The van der Waals surface area contributed by atoms with Crippen molar-refractivity contribution in [3.05, 3.63) is 33.7 Å². The van der Waals surface area contributed by atoms with Crippen LogP contribution in [0.15, 0.2) is 12.1 Å². The summed E-state index contributed by atoms with van der Waals surface area (Å²) in [6.45, 7) is 0. The number of halogens is 3. The summed E-state index contributed by atoms with van der Waals surface area (Å²) in [6, 6.07) is 1.74. The van der Waals surface area contributed by atoms with Crippen molar-refractivity contribution >= 4 is 11.4 Å². The van der Waals surface area contributed by atoms with E-state index in [1.54, 1.807) is 0 Å². The molecule has 1 aromatic carbocycles. The maximum atomic E-state index is 12.4. The molecule has 0 aliphatic carbocycles. The van der Waals surface area contributed by atoms with Gasteiger partial charge in [0.1, 0.15) is 6.07 Å². The summed E-state index contributed by atoms with van der Waals surface area (Å²) in [5.74, 6) is 0. The van der Waals surface area contributed by atoms with Gasteiger partial charge in [-0.15, -0.1) is 0 Å². The molecule has 1 rings (SSSR count). The molecule has 18 heavy (non-hydrogen) atoms. The van der Waals surface area contributed by atoms with E-state index in [-0.39, 0.29) is 12.1 Å². The van der Waals surface area contributed by atoms with Gasteiger partial charge in [0.05, 0.1) is 5.56 Å². The smallest absolute Gasteiger partial charge is 0.416 e. The molecule has 98 valence electrons. The van der Waals surface area contributed by atoms with Gasteiger partial charge in [-0.2, -0.15) is 28.9 Å². The molecule has 2 unspecified atom stereocenters. The van der Waals surface area contributed by atoms with Gasteiger partial charge in [0.15, 0.2) is 16.9 Å². The zero-order valence-electron chi connectivity index (χ0n) is 8.45. The number of nitriles is 1. The minimum Gasteiger partial charge on any atom is -0.595 e. The number of hydrogen-bond acceptors (Lipinski definition) is 5. The van der Waals surface area contributed by atoms with Crippen molar-refractivity contribution in [3.63, 3.8) is 0 Å². The van der Waals surface area contributed by atoms with Crippen LogP contribution in [0.5, 0.6) is 0 Å². The van der Waals surface area contributed by atoms with Gasteiger partial charge in [-0.05, 0) is 0 Å². The van der Waals surface area contributed by atoms with E-state index in [4.69, 9.17) is 15.7 Å². The van der Waals surface area contributed by atoms with Crippen molar-refractivity contribution < 1.29 is 34.0 Å². The third kappa shape index (κ3) is 2.74. The average Bonchev–Trinajstić information content (AvgIpc) is 2.25. The summed E-state index contributed by atoms with van der Waals surface area (Å²) < 4.78 is 37.3. The van der Waals surface area contributed by atoms with Gasteiger partial charge in [0.2, 0.25) is 0 Å². The molecule has 4 N–H and O–H groups in total. The second-order valence-corrected chi connectivity index (χ2v) is 3.17. The molecule has 0 aliphatic rings. The molecule has 0 fully saturated rings. The van der Waals surface area contributed by atoms with E-state index in [1.807, 2.05) is 0 Å². The van der Waals surface area contributed by atoms with Gasteiger partial charge in [0.25, 0.3) is 0 Å². The third-order valence-corrected chi connectivity index (χ3v) is 2.04. The highest BCUT2D eigenvalue weighted by molar-refractivity contribution is 5.62. The second-order valence-electron chi connectivity index (χ2n) is 3.17. The van der Waals surface area contributed by atoms with E-state index < -0.39 is 39.1 Å². The van der Waals surface area contributed by atoms with Crippen LogP contribution >= 0.6 is 0 Å². The highest BCUT2D eigenvalue weighted by atomic mass is 19.4. The number of nitrogens with one attached hydrogen (secondary N) is 2. The van der Waals surface area contributed by atoms with E-state index in [9.17, 15) is 23.6 Å². The van der Waals surface area contributed by atoms with Gasteiger partial charge < -0.3 is 10.4 Å². The Hall–Kier alpha value is -1.74. The highest BCUT2D eigenvalue weighted by Gasteiger charge is 2.35. The number of benzene rings is 1. The van der Waals surface area contributed by atoms with Crippen molar-refractivity contribution in [2.75, 3.05) is 0 Å². The first kappa shape index (κ1) is 14.3. The zero-order chi connectivity index (χ0) is 14.1. The molecule has 7 nitrogen and oxygen atoms in total. The van der Waals surface area contributed by atoms with Crippen molar-refractivity contribution in [2.45, 2.75) is 6.18 Å². The lowest BCUT2D eigenvalue weighted by Crippen LogP contribution is -3.01. The first-order chi connectivity index (χ1) is 8.18. The third-order valence-electron chi connectivity index (χ3n) is 2.04. The molecule has 0 spiro atoms. The van der Waals surface area contributed by atoms with Gasteiger partial charge in [0, 0.05) is 12.1 Å². The van der Waals surface area contributed by atoms with E-state index in [1.165, 1.54) is 6.07 Å². The highest BCUT2D eigenvalue weighted by Crippen LogP contribution is 2.33. The van der Waals surface area contributed by atoms with Crippen molar-refractivity contribution in [1.29, 1.82) is 5.26 Å². The first-order valence-electron chi connectivity index (χ1n) is 4.30. The summed E-state index contributed by atoms with van der Waals surface area (Å²) in [7, 11) is 0. The Kier molecular flexibility index (Phi) is 3.87. The predicted octanol–water partition coefficient (Wildman–Crippen LogP) is -0.616. The molecule has 1 aromatic rings. The molecule has 0 aliphatic heterocycles. The monoisotopic (exact) mass is 265 g/mol. The summed E-state index contributed by atoms with van der Waals surface area (Å²) in [5, 5.41) is 43.8. The summed E-state index contributed by atoms with van der Waals surface area (Å²) >= 11 is 0. The second kappa shape index (κ2) is 4.86. The number of alkyl halides is 3. The van der Waals surface area contributed by atoms with E-state index in [2.05, 4.69) is 0 Å². The fourth-order valence-corrected chi connectivity index (χ4v) is 1.26. The minimum atomic E-state index is -4.90. The zero-order valence-corrected chi connectivity index (χ0v) is 8.45. The number of hydrogen-bond donors (Lipinski definition) is 4. The maximum Gasteiger partial charge on any atom is 0.416 e. The molecule has 0 aromatic heterocycles. The molecule has 0 heterocycles. The summed E-state index contributed by atoms with van der Waals surface area (Å²) in [4.78, 5) is 0. The van der Waals surface area contributed by atoms with Crippen LogP contribution < -0.4 is 10.5 Å². The van der Waals surface area contributed by atoms with Crippen LogP contribution in [0.1, 0.15) is 11.1 Å². The summed E-state index contributed by atoms with van der Waals surface area (Å²) in [5.41, 5.74) is -4.24. The topological polar surface area (TPSA) is 119 Å². The van der Waals surface area contributed by atoms with Crippen LogP contribution in [0.25, 0.3) is 0 Å². The Morgan fingerprint density at radius 1 is 1.11 bits per heavy atom. The molecule has 0 amide bonds. The van der Waals surface area contributed by atoms with Crippen LogP contribution in [0.4, 0.5) is 24.5 Å². The lowest BCUT2D eigenvalue weighted by atomic mass is 10.1. The number of rotatable bonds is 2. The van der Waals surface area contributed by atoms with Crippen molar-refractivity contribution in [1.82, 2.24) is 0 Å². The van der Waals surface area contributed by atoms with Gasteiger partial charge in [-0.3, -0.25) is 0 Å². The minimum absolute atomic E-state index is 0.229. The molecular formula is C8H6F3N3O4. The maximum absolute atomic E-state index is 12.4. The Morgan fingerprint density at radius 3 is 1.72 bits per heavy atom. The first-order valence-corrected chi connectivity index (χ1v) is 4.30. The fourth-order valence-electron chi connectivity index (χ4n) is 1.26. The lowest BCUT2D eigenvalue weighted by Gasteiger charge is -2.19. The molecular weight excluding hydrogens is 259 g/mol. The predicted molar refractivity (Wildman–Crippen MR) is 47.7 cm³/mol. The Labute approximate surface area is 97.6 Å². The lowest BCUT2D eigenvalue weighted by molar-refractivity contribution is -0.996. The molecule has 10 heteroatoms. The van der Waals surface area contributed by atoms with Crippen LogP contribution in [-0.2, 0) is 6.18 Å². The molecule has 0 saturated carbocycles. The fraction of sp³-hybridized carbons (Fsp3) is 0.125. The van der Waals surface area contributed by atoms with Crippen LogP contribution in [0.2, 0.25) is 0 Å². The Morgan fingerprint density at radius 2 is 1.50 bits per heavy atom.